The highest BCUT2D eigenvalue weighted by molar-refractivity contribution is 9.10. The zero-order valence-corrected chi connectivity index (χ0v) is 17.1. The average Bonchev–Trinajstić information content (AvgIpc) is 2.37. The van der Waals surface area contributed by atoms with E-state index in [1.54, 1.807) is 6.92 Å². The van der Waals surface area contributed by atoms with E-state index in [0.29, 0.717) is 12.8 Å². The molecule has 2 N–H and O–H groups in total. The Kier molecular flexibility index (Phi) is 6.33. The molecule has 1 aromatic carbocycles. The van der Waals surface area contributed by atoms with Crippen molar-refractivity contribution in [3.8, 4) is 0 Å². The second-order valence-electron chi connectivity index (χ2n) is 7.87. The van der Waals surface area contributed by atoms with E-state index in [1.807, 2.05) is 20.8 Å². The number of benzene rings is 1. The van der Waals surface area contributed by atoms with Crippen LogP contribution in [0.15, 0.2) is 16.6 Å². The highest BCUT2D eigenvalue weighted by Crippen LogP contribution is 2.40. The molecule has 1 fully saturated rings. The van der Waals surface area contributed by atoms with Gasteiger partial charge in [-0.25, -0.2) is 9.18 Å². The van der Waals surface area contributed by atoms with Gasteiger partial charge in [0.1, 0.15) is 17.5 Å². The summed E-state index contributed by atoms with van der Waals surface area (Å²) in [5.74, 6) is -1.32. The van der Waals surface area contributed by atoms with Gasteiger partial charge < -0.3 is 15.4 Å². The smallest absolute Gasteiger partial charge is 0.421 e. The first-order chi connectivity index (χ1) is 12.3. The number of amides is 1. The van der Waals surface area contributed by atoms with E-state index >= 15 is 0 Å². The Labute approximate surface area is 164 Å². The molecule has 1 amide bonds. The summed E-state index contributed by atoms with van der Waals surface area (Å²) < 4.78 is 58.9. The zero-order valence-electron chi connectivity index (χ0n) is 15.5. The van der Waals surface area contributed by atoms with Gasteiger partial charge in [-0.2, -0.15) is 13.2 Å². The first kappa shape index (κ1) is 21.8. The Balaban J connectivity index is 1.96. The number of alkyl carbamates (subject to hydrolysis) is 1. The third-order valence-electron chi connectivity index (χ3n) is 4.31. The van der Waals surface area contributed by atoms with Crippen molar-refractivity contribution in [2.75, 3.05) is 5.32 Å². The van der Waals surface area contributed by atoms with Crippen molar-refractivity contribution >= 4 is 27.7 Å². The van der Waals surface area contributed by atoms with Gasteiger partial charge in [0.2, 0.25) is 0 Å². The molecule has 0 aromatic heterocycles. The van der Waals surface area contributed by atoms with Crippen LogP contribution in [-0.4, -0.2) is 23.8 Å². The molecule has 0 heterocycles. The Morgan fingerprint density at radius 1 is 1.26 bits per heavy atom. The van der Waals surface area contributed by atoms with Crippen molar-refractivity contribution in [3.05, 3.63) is 28.0 Å². The van der Waals surface area contributed by atoms with Crippen LogP contribution in [0, 0.1) is 11.7 Å². The molecule has 2 rings (SSSR count). The molecule has 0 spiro atoms. The lowest BCUT2D eigenvalue weighted by atomic mass is 9.77. The number of nitrogens with one attached hydrogen (secondary N) is 2. The van der Waals surface area contributed by atoms with Crippen molar-refractivity contribution < 1.29 is 27.1 Å². The average molecular weight is 455 g/mol. The summed E-state index contributed by atoms with van der Waals surface area (Å²) in [6.45, 7) is 7.23. The molecule has 0 aliphatic heterocycles. The third-order valence-corrected chi connectivity index (χ3v) is 4.77. The monoisotopic (exact) mass is 454 g/mol. The molecule has 1 aliphatic rings. The molecule has 0 unspecified atom stereocenters. The van der Waals surface area contributed by atoms with Crippen molar-refractivity contribution in [2.45, 2.75) is 64.4 Å². The molecule has 1 aliphatic carbocycles. The van der Waals surface area contributed by atoms with Crippen LogP contribution in [-0.2, 0) is 10.9 Å². The van der Waals surface area contributed by atoms with Crippen LogP contribution in [0.3, 0.4) is 0 Å². The molecule has 4 nitrogen and oxygen atoms in total. The summed E-state index contributed by atoms with van der Waals surface area (Å²) >= 11 is 3.02. The Bertz CT molecular complexity index is 698. The zero-order chi connectivity index (χ0) is 20.6. The summed E-state index contributed by atoms with van der Waals surface area (Å²) in [6, 6.07) is 1.66. The molecular formula is C18H23BrF4N2O2. The van der Waals surface area contributed by atoms with Crippen molar-refractivity contribution in [1.82, 2.24) is 5.32 Å². The van der Waals surface area contributed by atoms with Gasteiger partial charge in [-0.3, -0.25) is 0 Å². The van der Waals surface area contributed by atoms with Gasteiger partial charge in [0, 0.05) is 16.1 Å². The minimum Gasteiger partial charge on any atom is -0.446 e. The van der Waals surface area contributed by atoms with Crippen molar-refractivity contribution in [2.24, 2.45) is 5.92 Å². The van der Waals surface area contributed by atoms with Crippen LogP contribution >= 0.6 is 15.9 Å². The van der Waals surface area contributed by atoms with Gasteiger partial charge >= 0.3 is 12.3 Å². The summed E-state index contributed by atoms with van der Waals surface area (Å²) in [5, 5.41) is 5.46. The number of carbonyl (C=O) groups excluding carboxylic acids is 1. The van der Waals surface area contributed by atoms with Crippen LogP contribution in [0.4, 0.5) is 28.0 Å². The van der Waals surface area contributed by atoms with Crippen molar-refractivity contribution in [1.29, 1.82) is 0 Å². The van der Waals surface area contributed by atoms with Crippen LogP contribution in [0.25, 0.3) is 0 Å². The molecule has 0 radical (unpaired) electrons. The number of halogens is 5. The van der Waals surface area contributed by atoms with Crippen LogP contribution in [0.2, 0.25) is 0 Å². The predicted octanol–water partition coefficient (Wildman–Crippen LogP) is 5.71. The number of carbonyl (C=O) groups is 1. The highest BCUT2D eigenvalue weighted by Gasteiger charge is 2.40. The van der Waals surface area contributed by atoms with E-state index in [0.717, 1.165) is 6.07 Å². The maximum atomic E-state index is 13.8. The maximum absolute atomic E-state index is 13.8. The number of ether oxygens (including phenoxy) is 1. The Morgan fingerprint density at radius 3 is 2.37 bits per heavy atom. The van der Waals surface area contributed by atoms with Crippen LogP contribution in [0.1, 0.15) is 46.1 Å². The summed E-state index contributed by atoms with van der Waals surface area (Å²) in [5.41, 5.74) is -2.03. The molecule has 1 atom stereocenters. The predicted molar refractivity (Wildman–Crippen MR) is 98.1 cm³/mol. The van der Waals surface area contributed by atoms with Gasteiger partial charge in [0.15, 0.2) is 0 Å². The van der Waals surface area contributed by atoms with Gasteiger partial charge in [0.05, 0.1) is 5.69 Å². The first-order valence-electron chi connectivity index (χ1n) is 8.58. The highest BCUT2D eigenvalue weighted by atomic mass is 79.9. The molecule has 1 aromatic rings. The topological polar surface area (TPSA) is 50.4 Å². The molecule has 1 saturated carbocycles. The molecular weight excluding hydrogens is 432 g/mol. The van der Waals surface area contributed by atoms with E-state index in [9.17, 15) is 22.4 Å². The minimum atomic E-state index is -4.80. The summed E-state index contributed by atoms with van der Waals surface area (Å²) in [6.07, 6.45) is -4.53. The number of alkyl halides is 3. The fraction of sp³-hybridized carbons (Fsp3) is 0.611. The molecule has 0 bridgehead atoms. The summed E-state index contributed by atoms with van der Waals surface area (Å²) in [4.78, 5) is 11.7. The van der Waals surface area contributed by atoms with Crippen molar-refractivity contribution in [3.63, 3.8) is 0 Å². The van der Waals surface area contributed by atoms with E-state index in [1.165, 1.54) is 6.07 Å². The quantitative estimate of drug-likeness (QED) is 0.572. The number of anilines is 1. The second-order valence-corrected chi connectivity index (χ2v) is 8.79. The van der Waals surface area contributed by atoms with Crippen LogP contribution < -0.4 is 10.6 Å². The van der Waals surface area contributed by atoms with Gasteiger partial charge in [-0.1, -0.05) is 15.9 Å². The number of hydrogen-bond donors (Lipinski definition) is 2. The Hall–Kier alpha value is -1.51. The largest absolute Gasteiger partial charge is 0.446 e. The Morgan fingerprint density at radius 2 is 1.85 bits per heavy atom. The lowest BCUT2D eigenvalue weighted by Gasteiger charge is -2.39. The normalized spacial score (nSPS) is 21.2. The SMILES string of the molecule is C[C@H](Nc1cc(Br)cc(F)c1C(F)(F)F)C1CC(OC(=O)NC(C)(C)C)C1. The van der Waals surface area contributed by atoms with E-state index < -0.39 is 29.2 Å². The van der Waals surface area contributed by atoms with E-state index in [-0.39, 0.29) is 28.2 Å². The van der Waals surface area contributed by atoms with Gasteiger partial charge in [0.25, 0.3) is 0 Å². The fourth-order valence-corrected chi connectivity index (χ4v) is 3.37. The number of rotatable bonds is 4. The van der Waals surface area contributed by atoms with Gasteiger partial charge in [-0.15, -0.1) is 0 Å². The molecule has 9 heteroatoms. The fourth-order valence-electron chi connectivity index (χ4n) is 2.94. The molecule has 152 valence electrons. The standard InChI is InChI=1S/C18H23BrF4N2O2/c1-9(10-5-12(6-10)27-16(26)25-17(2,3)4)24-14-8-11(19)7-13(20)15(14)18(21,22)23/h7-10,12,24H,5-6H2,1-4H3,(H,25,26)/t9-,10?,12?/m0/s1. The lowest BCUT2D eigenvalue weighted by molar-refractivity contribution is -0.139. The first-order valence-corrected chi connectivity index (χ1v) is 9.37. The number of hydrogen-bond acceptors (Lipinski definition) is 3. The third kappa shape index (κ3) is 5.99. The van der Waals surface area contributed by atoms with E-state index in [2.05, 4.69) is 26.6 Å². The molecule has 27 heavy (non-hydrogen) atoms. The van der Waals surface area contributed by atoms with E-state index in [4.69, 9.17) is 4.74 Å². The maximum Gasteiger partial charge on any atom is 0.421 e. The minimum absolute atomic E-state index is 0.0144. The van der Waals surface area contributed by atoms with Crippen LogP contribution in [0.5, 0.6) is 0 Å². The lowest BCUT2D eigenvalue weighted by Crippen LogP contribution is -2.46. The van der Waals surface area contributed by atoms with Gasteiger partial charge in [-0.05, 0) is 58.6 Å². The summed E-state index contributed by atoms with van der Waals surface area (Å²) in [7, 11) is 0. The second kappa shape index (κ2) is 7.85. The molecule has 0 saturated heterocycles.